The van der Waals surface area contributed by atoms with Crippen molar-refractivity contribution in [3.05, 3.63) is 36.0 Å². The molecule has 0 amide bonds. The molecule has 3 heterocycles. The molecule has 0 atom stereocenters. The average Bonchev–Trinajstić information content (AvgIpc) is 2.96. The molecule has 2 saturated heterocycles. The van der Waals surface area contributed by atoms with Gasteiger partial charge in [0.2, 0.25) is 0 Å². The topological polar surface area (TPSA) is 34.6 Å². The zero-order valence-electron chi connectivity index (χ0n) is 11.9. The van der Waals surface area contributed by atoms with Crippen LogP contribution in [-0.4, -0.2) is 37.1 Å². The zero-order chi connectivity index (χ0) is 15.2. The Kier molecular flexibility index (Phi) is 3.23. The number of rotatable bonds is 1. The summed E-state index contributed by atoms with van der Waals surface area (Å²) in [6.45, 7) is 2.63. The summed E-state index contributed by atoms with van der Waals surface area (Å²) < 4.78 is 38.8. The maximum atomic E-state index is 13.9. The van der Waals surface area contributed by atoms with E-state index in [4.69, 9.17) is 9.47 Å². The summed E-state index contributed by atoms with van der Waals surface area (Å²) in [6, 6.07) is 5.18. The van der Waals surface area contributed by atoms with Crippen LogP contribution in [0.5, 0.6) is 0 Å². The van der Waals surface area contributed by atoms with Crippen LogP contribution in [0.3, 0.4) is 0 Å². The van der Waals surface area contributed by atoms with Gasteiger partial charge in [0, 0.05) is 49.6 Å². The predicted octanol–water partition coefficient (Wildman–Crippen LogP) is 2.66. The van der Waals surface area contributed by atoms with Crippen molar-refractivity contribution in [3.8, 4) is 0 Å². The summed E-state index contributed by atoms with van der Waals surface area (Å²) in [5.74, 6) is -1.74. The van der Waals surface area contributed by atoms with Gasteiger partial charge < -0.3 is 14.4 Å². The first-order valence-corrected chi connectivity index (χ1v) is 7.35. The van der Waals surface area contributed by atoms with Crippen LogP contribution in [0.25, 0.3) is 10.9 Å². The van der Waals surface area contributed by atoms with Gasteiger partial charge in [-0.05, 0) is 6.07 Å². The number of pyridine rings is 1. The summed E-state index contributed by atoms with van der Waals surface area (Å²) >= 11 is 0. The van der Waals surface area contributed by atoms with Crippen molar-refractivity contribution < 1.29 is 18.3 Å². The highest BCUT2D eigenvalue weighted by molar-refractivity contribution is 5.91. The molecule has 2 aromatic rings. The number of hydrogen-bond acceptors (Lipinski definition) is 4. The smallest absolute Gasteiger partial charge is 0.171 e. The first kappa shape index (κ1) is 13.8. The minimum Gasteiger partial charge on any atom is -0.370 e. The Morgan fingerprint density at radius 1 is 1.14 bits per heavy atom. The summed E-state index contributed by atoms with van der Waals surface area (Å²) in [7, 11) is 0. The van der Waals surface area contributed by atoms with E-state index in [0.717, 1.165) is 18.9 Å². The van der Waals surface area contributed by atoms with Crippen molar-refractivity contribution in [2.75, 3.05) is 31.2 Å². The normalized spacial score (nSPS) is 20.9. The molecule has 22 heavy (non-hydrogen) atoms. The molecule has 0 unspecified atom stereocenters. The van der Waals surface area contributed by atoms with Gasteiger partial charge in [-0.1, -0.05) is 0 Å². The number of aromatic nitrogens is 1. The highest BCUT2D eigenvalue weighted by Crippen LogP contribution is 2.35. The molecule has 2 fully saturated rings. The molecule has 1 spiro atoms. The van der Waals surface area contributed by atoms with Crippen LogP contribution in [0.2, 0.25) is 0 Å². The van der Waals surface area contributed by atoms with E-state index in [1.54, 1.807) is 0 Å². The van der Waals surface area contributed by atoms with Crippen LogP contribution in [0.1, 0.15) is 12.8 Å². The molecule has 4 nitrogen and oxygen atoms in total. The number of hydrogen-bond donors (Lipinski definition) is 0. The molecule has 4 rings (SSSR count). The first-order valence-electron chi connectivity index (χ1n) is 7.35. The van der Waals surface area contributed by atoms with E-state index in [1.165, 1.54) is 12.3 Å². The lowest BCUT2D eigenvalue weighted by atomic mass is 10.0. The van der Waals surface area contributed by atoms with Crippen LogP contribution < -0.4 is 4.90 Å². The first-order chi connectivity index (χ1) is 10.7. The maximum absolute atomic E-state index is 13.9. The minimum atomic E-state index is -0.652. The van der Waals surface area contributed by atoms with E-state index < -0.39 is 17.4 Å². The lowest BCUT2D eigenvalue weighted by molar-refractivity contribution is -0.169. The van der Waals surface area contributed by atoms with Crippen LogP contribution >= 0.6 is 0 Å². The third-order valence-corrected chi connectivity index (χ3v) is 4.33. The maximum Gasteiger partial charge on any atom is 0.171 e. The molecule has 2 aliphatic heterocycles. The van der Waals surface area contributed by atoms with Gasteiger partial charge in [-0.2, -0.15) is 0 Å². The number of ether oxygens (including phenoxy) is 2. The van der Waals surface area contributed by atoms with Crippen LogP contribution in [0.15, 0.2) is 18.3 Å². The number of fused-ring (bicyclic) bond motifs is 1. The molecule has 0 N–H and O–H groups in total. The van der Waals surface area contributed by atoms with Crippen LogP contribution in [0, 0.1) is 17.7 Å². The van der Waals surface area contributed by atoms with E-state index in [-0.39, 0.29) is 5.52 Å². The number of halogens is 2. The Bertz CT molecular complexity index is 707. The molecule has 0 saturated carbocycles. The Balaban J connectivity index is 1.67. The van der Waals surface area contributed by atoms with E-state index in [9.17, 15) is 8.78 Å². The third kappa shape index (κ3) is 2.23. The van der Waals surface area contributed by atoms with Crippen molar-refractivity contribution in [1.29, 1.82) is 0 Å². The molecule has 2 aliphatic rings. The molecule has 0 bridgehead atoms. The van der Waals surface area contributed by atoms with E-state index in [2.05, 4.69) is 16.0 Å². The minimum absolute atomic E-state index is 0.170. The lowest BCUT2D eigenvalue weighted by Gasteiger charge is -2.38. The summed E-state index contributed by atoms with van der Waals surface area (Å²) in [6.07, 6.45) is 2.89. The Labute approximate surface area is 126 Å². The predicted molar refractivity (Wildman–Crippen MR) is 76.6 cm³/mol. The SMILES string of the molecule is Fc1cc(F)c2nc[c]c(N3CCC4(CC3)OCCO4)c2c1. The molecular formula is C16H15F2N2O2. The van der Waals surface area contributed by atoms with E-state index >= 15 is 0 Å². The Morgan fingerprint density at radius 3 is 2.59 bits per heavy atom. The van der Waals surface area contributed by atoms with Gasteiger partial charge in [-0.15, -0.1) is 0 Å². The molecule has 1 radical (unpaired) electrons. The number of benzene rings is 1. The fraction of sp³-hybridized carbons (Fsp3) is 0.438. The Morgan fingerprint density at radius 2 is 1.86 bits per heavy atom. The van der Waals surface area contributed by atoms with E-state index in [1.807, 2.05) is 0 Å². The van der Waals surface area contributed by atoms with Gasteiger partial charge >= 0.3 is 0 Å². The average molecular weight is 305 g/mol. The molecule has 1 aromatic carbocycles. The fourth-order valence-electron chi connectivity index (χ4n) is 3.23. The van der Waals surface area contributed by atoms with Gasteiger partial charge in [0.05, 0.1) is 18.9 Å². The van der Waals surface area contributed by atoms with Crippen molar-refractivity contribution >= 4 is 16.6 Å². The van der Waals surface area contributed by atoms with Crippen molar-refractivity contribution in [3.63, 3.8) is 0 Å². The summed E-state index contributed by atoms with van der Waals surface area (Å²) in [4.78, 5) is 6.03. The fourth-order valence-corrected chi connectivity index (χ4v) is 3.23. The second kappa shape index (κ2) is 5.14. The van der Waals surface area contributed by atoms with Gasteiger partial charge in [0.15, 0.2) is 11.6 Å². The third-order valence-electron chi connectivity index (χ3n) is 4.33. The van der Waals surface area contributed by atoms with Gasteiger partial charge in [0.1, 0.15) is 11.3 Å². The highest BCUT2D eigenvalue weighted by Gasteiger charge is 2.40. The number of piperidine rings is 1. The standard InChI is InChI=1S/C16H15F2N2O2/c17-11-9-12-14(1-4-19-15(12)13(18)10-11)20-5-2-16(3-6-20)21-7-8-22-16/h4,9-10H,2-3,5-8H2. The second-order valence-corrected chi connectivity index (χ2v) is 5.63. The second-order valence-electron chi connectivity index (χ2n) is 5.63. The zero-order valence-corrected chi connectivity index (χ0v) is 11.9. The lowest BCUT2D eigenvalue weighted by Crippen LogP contribution is -2.45. The summed E-state index contributed by atoms with van der Waals surface area (Å²) in [5, 5.41) is 0.448. The molecular weight excluding hydrogens is 290 g/mol. The van der Waals surface area contributed by atoms with Crippen LogP contribution in [-0.2, 0) is 9.47 Å². The molecule has 0 aliphatic carbocycles. The molecule has 1 aromatic heterocycles. The monoisotopic (exact) mass is 305 g/mol. The van der Waals surface area contributed by atoms with Gasteiger partial charge in [-0.25, -0.2) is 8.78 Å². The van der Waals surface area contributed by atoms with Gasteiger partial charge in [0.25, 0.3) is 0 Å². The highest BCUT2D eigenvalue weighted by atomic mass is 19.1. The number of nitrogens with zero attached hydrogens (tertiary/aromatic N) is 2. The van der Waals surface area contributed by atoms with Gasteiger partial charge in [-0.3, -0.25) is 4.98 Å². The summed E-state index contributed by atoms with van der Waals surface area (Å²) in [5.41, 5.74) is 0.847. The van der Waals surface area contributed by atoms with Crippen molar-refractivity contribution in [2.45, 2.75) is 18.6 Å². The largest absolute Gasteiger partial charge is 0.370 e. The van der Waals surface area contributed by atoms with Crippen molar-refractivity contribution in [2.24, 2.45) is 0 Å². The number of anilines is 1. The molecule has 115 valence electrons. The van der Waals surface area contributed by atoms with E-state index in [0.29, 0.717) is 37.4 Å². The van der Waals surface area contributed by atoms with Crippen molar-refractivity contribution in [1.82, 2.24) is 4.98 Å². The van der Waals surface area contributed by atoms with Crippen LogP contribution in [0.4, 0.5) is 14.5 Å². The Hall–Kier alpha value is -1.79. The quantitative estimate of drug-likeness (QED) is 0.811. The molecule has 6 heteroatoms.